The largest absolute Gasteiger partial charge is 0.350 e. The monoisotopic (exact) mass is 167 g/mol. The summed E-state index contributed by atoms with van der Waals surface area (Å²) in [5.74, 6) is 0. The highest BCUT2D eigenvalue weighted by molar-refractivity contribution is 5.87. The molecule has 0 bridgehead atoms. The molecule has 0 radical (unpaired) electrons. The first-order chi connectivity index (χ1) is 5.79. The number of rotatable bonds is 1. The lowest BCUT2D eigenvalue weighted by Gasteiger charge is -1.99. The van der Waals surface area contributed by atoms with Crippen molar-refractivity contribution in [1.29, 1.82) is 0 Å². The number of hydrogen-bond acceptors (Lipinski definition) is 2. The molecule has 0 aromatic rings. The fourth-order valence-electron chi connectivity index (χ4n) is 1.10. The van der Waals surface area contributed by atoms with E-state index in [9.17, 15) is 4.79 Å². The Labute approximate surface area is 71.5 Å². The van der Waals surface area contributed by atoms with Crippen LogP contribution in [0.15, 0.2) is 17.3 Å². The van der Waals surface area contributed by atoms with Crippen LogP contribution in [-0.4, -0.2) is 11.7 Å². The normalized spacial score (nSPS) is 20.5. The topological polar surface area (TPSA) is 67.5 Å². The summed E-state index contributed by atoms with van der Waals surface area (Å²) >= 11 is 0. The molecule has 4 nitrogen and oxygen atoms in total. The van der Waals surface area contributed by atoms with Gasteiger partial charge in [0.15, 0.2) is 0 Å². The van der Waals surface area contributed by atoms with E-state index < -0.39 is 6.03 Å². The minimum Gasteiger partial charge on any atom is -0.350 e. The fourth-order valence-corrected chi connectivity index (χ4v) is 1.10. The molecule has 0 spiro atoms. The average Bonchev–Trinajstić information content (AvgIpc) is 2.28. The Hall–Kier alpha value is -1.32. The summed E-state index contributed by atoms with van der Waals surface area (Å²) in [5.41, 5.74) is 8.10. The molecule has 0 aromatic carbocycles. The van der Waals surface area contributed by atoms with E-state index in [0.717, 1.165) is 31.4 Å². The average molecular weight is 167 g/mol. The number of nitrogens with one attached hydrogen (secondary N) is 1. The third kappa shape index (κ3) is 3.18. The summed E-state index contributed by atoms with van der Waals surface area (Å²) in [6.07, 6.45) is 8.14. The van der Waals surface area contributed by atoms with Crippen molar-refractivity contribution in [3.63, 3.8) is 0 Å². The van der Waals surface area contributed by atoms with Crippen molar-refractivity contribution in [2.75, 3.05) is 0 Å². The third-order valence-corrected chi connectivity index (χ3v) is 1.68. The maximum absolute atomic E-state index is 10.3. The highest BCUT2D eigenvalue weighted by Gasteiger charge is 2.01. The number of urea groups is 1. The molecule has 2 amide bonds. The number of nitrogens with zero attached hydrogens (tertiary/aromatic N) is 1. The van der Waals surface area contributed by atoms with Gasteiger partial charge in [-0.05, 0) is 19.3 Å². The van der Waals surface area contributed by atoms with Crippen molar-refractivity contribution in [1.82, 2.24) is 5.43 Å². The molecule has 0 saturated heterocycles. The van der Waals surface area contributed by atoms with Crippen LogP contribution in [0.4, 0.5) is 4.79 Å². The van der Waals surface area contributed by atoms with Gasteiger partial charge < -0.3 is 5.73 Å². The molecular weight excluding hydrogens is 154 g/mol. The maximum atomic E-state index is 10.3. The summed E-state index contributed by atoms with van der Waals surface area (Å²) in [6.45, 7) is 0. The lowest BCUT2D eigenvalue weighted by molar-refractivity contribution is 0.249. The standard InChI is InChI=1S/C8H13N3O/c9-8(12)11-10-7-5-3-1-2-4-6-7/h1,3H,2,4-6H2,(H3,9,11,12)/b10-7+. The second-order valence-electron chi connectivity index (χ2n) is 2.72. The van der Waals surface area contributed by atoms with Crippen LogP contribution in [0.3, 0.4) is 0 Å². The Morgan fingerprint density at radius 3 is 3.17 bits per heavy atom. The molecule has 66 valence electrons. The minimum atomic E-state index is -0.601. The molecule has 0 aromatic heterocycles. The van der Waals surface area contributed by atoms with E-state index in [-0.39, 0.29) is 0 Å². The quantitative estimate of drug-likeness (QED) is 0.446. The van der Waals surface area contributed by atoms with E-state index in [1.165, 1.54) is 0 Å². The molecule has 0 fully saturated rings. The van der Waals surface area contributed by atoms with E-state index in [1.807, 2.05) is 0 Å². The van der Waals surface area contributed by atoms with Crippen LogP contribution in [0, 0.1) is 0 Å². The Bertz CT molecular complexity index is 220. The number of allylic oxidation sites excluding steroid dienone is 2. The first-order valence-electron chi connectivity index (χ1n) is 4.05. The van der Waals surface area contributed by atoms with Gasteiger partial charge in [0.2, 0.25) is 0 Å². The minimum absolute atomic E-state index is 0.601. The van der Waals surface area contributed by atoms with Crippen molar-refractivity contribution in [3.05, 3.63) is 12.2 Å². The Balaban J connectivity index is 2.43. The first-order valence-corrected chi connectivity index (χ1v) is 4.05. The van der Waals surface area contributed by atoms with E-state index >= 15 is 0 Å². The van der Waals surface area contributed by atoms with E-state index in [2.05, 4.69) is 22.7 Å². The fraction of sp³-hybridized carbons (Fsp3) is 0.500. The second kappa shape index (κ2) is 4.54. The van der Waals surface area contributed by atoms with Gasteiger partial charge in [-0.25, -0.2) is 10.2 Å². The summed E-state index contributed by atoms with van der Waals surface area (Å²) in [6, 6.07) is -0.601. The van der Waals surface area contributed by atoms with Gasteiger partial charge in [-0.1, -0.05) is 12.2 Å². The summed E-state index contributed by atoms with van der Waals surface area (Å²) in [4.78, 5) is 10.3. The number of carbonyl (C=O) groups is 1. The van der Waals surface area contributed by atoms with E-state index in [4.69, 9.17) is 5.73 Å². The number of carbonyl (C=O) groups excluding carboxylic acids is 1. The highest BCUT2D eigenvalue weighted by Crippen LogP contribution is 2.07. The van der Waals surface area contributed by atoms with Crippen LogP contribution in [0.2, 0.25) is 0 Å². The van der Waals surface area contributed by atoms with Gasteiger partial charge in [-0.3, -0.25) is 0 Å². The smallest absolute Gasteiger partial charge is 0.332 e. The number of primary amides is 1. The molecule has 1 aliphatic carbocycles. The van der Waals surface area contributed by atoms with Gasteiger partial charge in [0, 0.05) is 12.1 Å². The Morgan fingerprint density at radius 1 is 1.58 bits per heavy atom. The molecule has 0 saturated carbocycles. The van der Waals surface area contributed by atoms with Gasteiger partial charge in [0.1, 0.15) is 0 Å². The van der Waals surface area contributed by atoms with Gasteiger partial charge in [-0.15, -0.1) is 0 Å². The first kappa shape index (κ1) is 8.77. The molecule has 0 aliphatic heterocycles. The summed E-state index contributed by atoms with van der Waals surface area (Å²) < 4.78 is 0. The Kier molecular flexibility index (Phi) is 3.32. The molecule has 1 aliphatic rings. The summed E-state index contributed by atoms with van der Waals surface area (Å²) in [5, 5.41) is 3.88. The molecule has 12 heavy (non-hydrogen) atoms. The van der Waals surface area contributed by atoms with Crippen LogP contribution >= 0.6 is 0 Å². The van der Waals surface area contributed by atoms with Gasteiger partial charge in [0.05, 0.1) is 0 Å². The van der Waals surface area contributed by atoms with Crippen molar-refractivity contribution in [2.45, 2.75) is 25.7 Å². The zero-order valence-corrected chi connectivity index (χ0v) is 6.92. The zero-order chi connectivity index (χ0) is 8.81. The van der Waals surface area contributed by atoms with Crippen LogP contribution in [0.25, 0.3) is 0 Å². The second-order valence-corrected chi connectivity index (χ2v) is 2.72. The molecular formula is C8H13N3O. The zero-order valence-electron chi connectivity index (χ0n) is 6.92. The van der Waals surface area contributed by atoms with Gasteiger partial charge in [-0.2, -0.15) is 5.10 Å². The molecule has 0 heterocycles. The summed E-state index contributed by atoms with van der Waals surface area (Å²) in [7, 11) is 0. The number of hydrazone groups is 1. The molecule has 1 rings (SSSR count). The highest BCUT2D eigenvalue weighted by atomic mass is 16.2. The van der Waals surface area contributed by atoms with Crippen molar-refractivity contribution in [2.24, 2.45) is 10.8 Å². The van der Waals surface area contributed by atoms with E-state index in [0.29, 0.717) is 0 Å². The van der Waals surface area contributed by atoms with E-state index in [1.54, 1.807) is 0 Å². The van der Waals surface area contributed by atoms with Gasteiger partial charge in [0.25, 0.3) is 0 Å². The number of hydrogen-bond donors (Lipinski definition) is 2. The van der Waals surface area contributed by atoms with Crippen molar-refractivity contribution < 1.29 is 4.79 Å². The predicted octanol–water partition coefficient (Wildman–Crippen LogP) is 1.14. The predicted molar refractivity (Wildman–Crippen MR) is 47.8 cm³/mol. The van der Waals surface area contributed by atoms with Crippen molar-refractivity contribution >= 4 is 11.7 Å². The van der Waals surface area contributed by atoms with Gasteiger partial charge >= 0.3 is 6.03 Å². The SMILES string of the molecule is NC(=O)N/N=C1\CC=CCCC1. The van der Waals surface area contributed by atoms with Crippen LogP contribution in [-0.2, 0) is 0 Å². The van der Waals surface area contributed by atoms with Crippen LogP contribution < -0.4 is 11.2 Å². The number of amides is 2. The molecule has 4 heteroatoms. The lowest BCUT2D eigenvalue weighted by atomic mass is 10.2. The molecule has 3 N–H and O–H groups in total. The maximum Gasteiger partial charge on any atom is 0.332 e. The third-order valence-electron chi connectivity index (χ3n) is 1.68. The van der Waals surface area contributed by atoms with Crippen LogP contribution in [0.5, 0.6) is 0 Å². The van der Waals surface area contributed by atoms with Crippen LogP contribution in [0.1, 0.15) is 25.7 Å². The Morgan fingerprint density at radius 2 is 2.42 bits per heavy atom. The lowest BCUT2D eigenvalue weighted by Crippen LogP contribution is -2.25. The molecule has 0 unspecified atom stereocenters. The van der Waals surface area contributed by atoms with Crippen molar-refractivity contribution in [3.8, 4) is 0 Å². The molecule has 0 atom stereocenters. The number of nitrogens with two attached hydrogens (primary N) is 1.